The maximum Gasteiger partial charge on any atom is 0.305 e. The van der Waals surface area contributed by atoms with Crippen molar-refractivity contribution in [2.75, 3.05) is 19.8 Å². The molecule has 0 aromatic heterocycles. The Morgan fingerprint density at radius 3 is 1.61 bits per heavy atom. The highest BCUT2D eigenvalue weighted by atomic mass is 16.7. The molecule has 0 aliphatic carbocycles. The monoisotopic (exact) mass is 972 g/mol. The van der Waals surface area contributed by atoms with Crippen molar-refractivity contribution >= 4 is 11.9 Å². The fourth-order valence-corrected chi connectivity index (χ4v) is 8.06. The molecule has 11 nitrogen and oxygen atoms in total. The average molecular weight is 972 g/mol. The van der Waals surface area contributed by atoms with Gasteiger partial charge in [0, 0.05) is 12.8 Å². The van der Waals surface area contributed by atoms with Gasteiger partial charge in [-0.2, -0.15) is 0 Å². The summed E-state index contributed by atoms with van der Waals surface area (Å²) in [4.78, 5) is 25.0. The first-order valence-corrected chi connectivity index (χ1v) is 27.7. The predicted octanol–water partition coefficient (Wildman–Crippen LogP) is 12.1. The van der Waals surface area contributed by atoms with Crippen LogP contribution in [0.3, 0.4) is 0 Å². The van der Waals surface area contributed by atoms with Crippen molar-refractivity contribution in [3.05, 3.63) is 72.9 Å². The average Bonchev–Trinajstić information content (AvgIpc) is 3.34. The van der Waals surface area contributed by atoms with Gasteiger partial charge in [-0.1, -0.05) is 189 Å². The molecule has 398 valence electrons. The lowest BCUT2D eigenvalue weighted by Gasteiger charge is -2.40. The van der Waals surface area contributed by atoms with Gasteiger partial charge in [-0.15, -0.1) is 0 Å². The molecule has 6 N–H and O–H groups in total. The van der Waals surface area contributed by atoms with Gasteiger partial charge in [-0.05, 0) is 89.9 Å². The molecule has 1 fully saturated rings. The summed E-state index contributed by atoms with van der Waals surface area (Å²) < 4.78 is 16.6. The third-order valence-corrected chi connectivity index (χ3v) is 12.5. The number of carbonyl (C=O) groups excluding carboxylic acids is 2. The number of rotatable bonds is 46. The molecule has 0 radical (unpaired) electrons. The van der Waals surface area contributed by atoms with E-state index in [1.807, 2.05) is 18.2 Å². The molecule has 1 heterocycles. The van der Waals surface area contributed by atoms with Crippen LogP contribution in [0.15, 0.2) is 72.9 Å². The number of esters is 1. The first-order chi connectivity index (χ1) is 33.7. The lowest BCUT2D eigenvalue weighted by molar-refractivity contribution is -0.302. The van der Waals surface area contributed by atoms with Gasteiger partial charge in [0.05, 0.1) is 32.0 Å². The van der Waals surface area contributed by atoms with Gasteiger partial charge in [0.1, 0.15) is 24.4 Å². The van der Waals surface area contributed by atoms with Crippen LogP contribution in [-0.4, -0.2) is 100 Å². The topological polar surface area (TPSA) is 175 Å². The minimum Gasteiger partial charge on any atom is -0.466 e. The molecule has 69 heavy (non-hydrogen) atoms. The number of amides is 1. The molecule has 11 heteroatoms. The first-order valence-electron chi connectivity index (χ1n) is 27.7. The molecule has 0 aromatic carbocycles. The van der Waals surface area contributed by atoms with Crippen molar-refractivity contribution in [2.45, 2.75) is 262 Å². The van der Waals surface area contributed by atoms with Crippen molar-refractivity contribution < 1.29 is 49.3 Å². The Balaban J connectivity index is 2.25. The Kier molecular flexibility index (Phi) is 44.1. The van der Waals surface area contributed by atoms with Crippen molar-refractivity contribution in [2.24, 2.45) is 0 Å². The summed E-state index contributed by atoms with van der Waals surface area (Å²) in [6.07, 6.45) is 51.3. The van der Waals surface area contributed by atoms with E-state index in [1.165, 1.54) is 103 Å². The maximum atomic E-state index is 13.0. The molecule has 1 aliphatic rings. The van der Waals surface area contributed by atoms with Crippen LogP contribution in [0, 0.1) is 0 Å². The van der Waals surface area contributed by atoms with Gasteiger partial charge in [0.15, 0.2) is 6.29 Å². The minimum atomic E-state index is -1.60. The molecule has 7 atom stereocenters. The third-order valence-electron chi connectivity index (χ3n) is 12.5. The van der Waals surface area contributed by atoms with Crippen LogP contribution in [0.25, 0.3) is 0 Å². The fourth-order valence-electron chi connectivity index (χ4n) is 8.06. The molecule has 7 unspecified atom stereocenters. The first kappa shape index (κ1) is 64.1. The lowest BCUT2D eigenvalue weighted by Crippen LogP contribution is -2.60. The molecule has 0 saturated carbocycles. The highest BCUT2D eigenvalue weighted by Gasteiger charge is 2.44. The third kappa shape index (κ3) is 37.5. The van der Waals surface area contributed by atoms with E-state index in [0.29, 0.717) is 19.4 Å². The van der Waals surface area contributed by atoms with Gasteiger partial charge in [-0.3, -0.25) is 9.59 Å². The number of allylic oxidation sites excluding steroid dienone is 11. The van der Waals surface area contributed by atoms with E-state index in [2.05, 4.69) is 67.8 Å². The fraction of sp³-hybridized carbons (Fsp3) is 0.759. The van der Waals surface area contributed by atoms with Crippen molar-refractivity contribution in [1.29, 1.82) is 0 Å². The van der Waals surface area contributed by atoms with Crippen LogP contribution in [-0.2, 0) is 23.8 Å². The van der Waals surface area contributed by atoms with Crippen LogP contribution in [0.1, 0.15) is 219 Å². The molecule has 1 saturated heterocycles. The normalized spacial score (nSPS) is 19.9. The number of hydrogen-bond donors (Lipinski definition) is 6. The number of aliphatic hydroxyl groups is 5. The number of carbonyl (C=O) groups is 2. The number of hydrogen-bond acceptors (Lipinski definition) is 10. The van der Waals surface area contributed by atoms with Crippen molar-refractivity contribution in [3.8, 4) is 0 Å². The van der Waals surface area contributed by atoms with Crippen LogP contribution in [0.5, 0.6) is 0 Å². The Hall–Kier alpha value is -2.90. The summed E-state index contributed by atoms with van der Waals surface area (Å²) in [5.41, 5.74) is 0. The smallest absolute Gasteiger partial charge is 0.305 e. The van der Waals surface area contributed by atoms with Crippen LogP contribution >= 0.6 is 0 Å². The van der Waals surface area contributed by atoms with Gasteiger partial charge in [-0.25, -0.2) is 0 Å². The van der Waals surface area contributed by atoms with Gasteiger partial charge < -0.3 is 45.1 Å². The zero-order valence-corrected chi connectivity index (χ0v) is 43.5. The molecule has 1 aliphatic heterocycles. The predicted molar refractivity (Wildman–Crippen MR) is 283 cm³/mol. The second-order valence-electron chi connectivity index (χ2n) is 18.9. The van der Waals surface area contributed by atoms with E-state index in [9.17, 15) is 35.1 Å². The second-order valence-corrected chi connectivity index (χ2v) is 18.9. The minimum absolute atomic E-state index is 0.0568. The number of unbranched alkanes of at least 4 members (excludes halogenated alkanes) is 22. The molecular weight excluding hydrogens is 871 g/mol. The molecule has 0 aromatic rings. The summed E-state index contributed by atoms with van der Waals surface area (Å²) >= 11 is 0. The van der Waals surface area contributed by atoms with E-state index in [1.54, 1.807) is 6.08 Å². The number of ether oxygens (including phenoxy) is 3. The van der Waals surface area contributed by atoms with E-state index in [-0.39, 0.29) is 24.9 Å². The molecule has 1 amide bonds. The zero-order chi connectivity index (χ0) is 50.3. The Labute approximate surface area is 420 Å². The van der Waals surface area contributed by atoms with E-state index in [0.717, 1.165) is 83.5 Å². The molecule has 0 spiro atoms. The number of nitrogens with one attached hydrogen (secondary N) is 1. The largest absolute Gasteiger partial charge is 0.466 e. The molecule has 1 rings (SSSR count). The SMILES string of the molecule is CCC/C=C\C/C=C\CCCCCCCC(=O)OCCCCCCCC/C=C\C/C=C\CCC(=O)NC(COC1OC(CO)C(O)C(O)C1O)C(O)/C=C/CC/C=C/CCCCCCCCCCC. The Bertz CT molecular complexity index is 1380. The summed E-state index contributed by atoms with van der Waals surface area (Å²) in [7, 11) is 0. The van der Waals surface area contributed by atoms with Gasteiger partial charge in [0.25, 0.3) is 0 Å². The summed E-state index contributed by atoms with van der Waals surface area (Å²) in [5, 5.41) is 54.2. The second kappa shape index (κ2) is 47.4. The zero-order valence-electron chi connectivity index (χ0n) is 43.5. The Morgan fingerprint density at radius 1 is 0.536 bits per heavy atom. The maximum absolute atomic E-state index is 13.0. The summed E-state index contributed by atoms with van der Waals surface area (Å²) in [6, 6.07) is -0.874. The highest BCUT2D eigenvalue weighted by Crippen LogP contribution is 2.22. The van der Waals surface area contributed by atoms with E-state index < -0.39 is 49.5 Å². The van der Waals surface area contributed by atoms with Gasteiger partial charge in [0.2, 0.25) is 5.91 Å². The lowest BCUT2D eigenvalue weighted by atomic mass is 9.99. The van der Waals surface area contributed by atoms with Crippen molar-refractivity contribution in [3.63, 3.8) is 0 Å². The standard InChI is InChI=1S/C58H101NO10/c1-3-5-7-9-11-13-15-17-18-21-24-28-32-36-40-44-51(61)50(49-68-58-57(66)56(65)55(64)52(48-60)69-58)59-53(62)45-41-37-33-29-25-22-19-23-27-31-35-39-43-47-67-54(63)46-42-38-34-30-26-20-16-14-12-10-8-6-4-2/h8,10,14,16,22,24-25,28,33,37,40,44,50-52,55-58,60-61,64-66H,3-7,9,11-13,15,17-21,23,26-27,29-32,34-36,38-39,41-43,45-49H2,1-2H3,(H,59,62)/b10-8-,16-14-,25-22-,28-24+,37-33-,44-40+. The quantitative estimate of drug-likeness (QED) is 0.0196. The van der Waals surface area contributed by atoms with Crippen molar-refractivity contribution in [1.82, 2.24) is 5.32 Å². The number of aliphatic hydroxyl groups excluding tert-OH is 5. The van der Waals surface area contributed by atoms with Gasteiger partial charge >= 0.3 is 5.97 Å². The summed E-state index contributed by atoms with van der Waals surface area (Å²) in [5.74, 6) is -0.332. The van der Waals surface area contributed by atoms with E-state index >= 15 is 0 Å². The van der Waals surface area contributed by atoms with Crippen LogP contribution < -0.4 is 5.32 Å². The highest BCUT2D eigenvalue weighted by molar-refractivity contribution is 5.76. The molecular formula is C58H101NO10. The Morgan fingerprint density at radius 2 is 1.03 bits per heavy atom. The van der Waals surface area contributed by atoms with Crippen LogP contribution in [0.2, 0.25) is 0 Å². The molecule has 0 bridgehead atoms. The summed E-state index contributed by atoms with van der Waals surface area (Å²) in [6.45, 7) is 4.14. The van der Waals surface area contributed by atoms with Crippen LogP contribution in [0.4, 0.5) is 0 Å². The van der Waals surface area contributed by atoms with E-state index in [4.69, 9.17) is 14.2 Å².